The number of alkyl halides is 5. The molecule has 2 saturated carbocycles. The van der Waals surface area contributed by atoms with E-state index in [-0.39, 0.29) is 23.5 Å². The van der Waals surface area contributed by atoms with E-state index < -0.39 is 60.0 Å². The summed E-state index contributed by atoms with van der Waals surface area (Å²) >= 11 is 0. The van der Waals surface area contributed by atoms with Gasteiger partial charge >= 0.3 is 25.2 Å². The Bertz CT molecular complexity index is 1400. The first-order valence-corrected chi connectivity index (χ1v) is 21.2. The molecule has 1 heterocycles. The van der Waals surface area contributed by atoms with Gasteiger partial charge < -0.3 is 14.4 Å². The van der Waals surface area contributed by atoms with Gasteiger partial charge in [0.1, 0.15) is 0 Å². The average molecular weight is 759 g/mol. The molecule has 3 fully saturated rings. The van der Waals surface area contributed by atoms with E-state index in [0.29, 0.717) is 35.8 Å². The molecule has 0 spiro atoms. The molecule has 1 aliphatic heterocycles. The van der Waals surface area contributed by atoms with Crippen LogP contribution in [0.1, 0.15) is 148 Å². The topological polar surface area (TPSA) is 72.8 Å². The van der Waals surface area contributed by atoms with Crippen molar-refractivity contribution in [3.8, 4) is 0 Å². The van der Waals surface area contributed by atoms with Gasteiger partial charge in [0, 0.05) is 35.1 Å². The van der Waals surface area contributed by atoms with Crippen LogP contribution in [-0.2, 0) is 31.3 Å². The Morgan fingerprint density at radius 2 is 1.50 bits per heavy atom. The van der Waals surface area contributed by atoms with Crippen LogP contribution in [0.5, 0.6) is 0 Å². The number of carboxylic acid groups (broad SMARTS) is 1. The number of benzene rings is 1. The average Bonchev–Trinajstić information content (AvgIpc) is 3.48. The predicted molar refractivity (Wildman–Crippen MR) is 196 cm³/mol. The van der Waals surface area contributed by atoms with E-state index >= 15 is 0 Å². The molecule has 0 aromatic heterocycles. The van der Waals surface area contributed by atoms with E-state index in [4.69, 9.17) is 9.31 Å². The lowest BCUT2D eigenvalue weighted by Crippen LogP contribution is -2.46. The van der Waals surface area contributed by atoms with Crippen molar-refractivity contribution in [1.29, 1.82) is 0 Å². The summed E-state index contributed by atoms with van der Waals surface area (Å²) in [6, 6.07) is 6.87. The second kappa shape index (κ2) is 16.3. The van der Waals surface area contributed by atoms with E-state index in [2.05, 4.69) is 52.8 Å². The Morgan fingerprint density at radius 1 is 0.885 bits per heavy atom. The normalized spacial score (nSPS) is 30.1. The van der Waals surface area contributed by atoms with Gasteiger partial charge in [0.2, 0.25) is 0 Å². The lowest BCUT2D eigenvalue weighted by molar-refractivity contribution is -0.284. The molecule has 1 saturated heterocycles. The van der Waals surface area contributed by atoms with E-state index in [1.54, 1.807) is 0 Å². The molecule has 294 valence electrons. The van der Waals surface area contributed by atoms with Gasteiger partial charge in [-0.25, -0.2) is 0 Å². The van der Waals surface area contributed by atoms with Crippen molar-refractivity contribution in [1.82, 2.24) is 0 Å². The van der Waals surface area contributed by atoms with Crippen molar-refractivity contribution in [2.45, 2.75) is 167 Å². The van der Waals surface area contributed by atoms with Gasteiger partial charge in [-0.2, -0.15) is 22.0 Å². The van der Waals surface area contributed by atoms with Crippen LogP contribution >= 0.6 is 0 Å². The van der Waals surface area contributed by atoms with Crippen molar-refractivity contribution < 1.29 is 45.4 Å². The van der Waals surface area contributed by atoms with Gasteiger partial charge in [-0.15, -0.1) is 0 Å². The molecule has 0 radical (unpaired) electrons. The SMILES string of the molecule is CC1(C)OB(c2ccc3c(c2)C[C@@H](CCCCCCCCCS(=O)CCCC(F)(F)C(F)(F)F)[C@@H]2[C@@H]3CC[C@]3(C)[C@@H](CC(=O)O)CC[C@@H]23)OC1(C)C. The number of carbonyl (C=O) groups is 1. The first-order chi connectivity index (χ1) is 24.3. The standard InChI is InChI=1S/C40H60BF5O5S/c1-36(2)37(3,4)51-41(50-36)30-16-17-31-28(25-30)24-27(35-32(31)19-21-38(5)29(26-34(47)48)15-18-33(35)38)14-11-9-7-6-8-10-12-22-52(49)23-13-20-39(42,43)40(44,45)46/h16-17,25,27,29,32-33,35H,6-15,18-24,26H2,1-5H3,(H,47,48)/t27-,29-,32-,33+,35-,38-,52?/m1/s1. The molecule has 12 heteroatoms. The number of fused-ring (bicyclic) bond motifs is 5. The second-order valence-electron chi connectivity index (χ2n) is 17.6. The molecule has 5 nitrogen and oxygen atoms in total. The zero-order valence-corrected chi connectivity index (χ0v) is 32.6. The highest BCUT2D eigenvalue weighted by atomic mass is 32.2. The van der Waals surface area contributed by atoms with Crippen LogP contribution in [0, 0.1) is 29.1 Å². The Labute approximate surface area is 310 Å². The van der Waals surface area contributed by atoms with Gasteiger partial charge in [-0.1, -0.05) is 63.6 Å². The zero-order valence-electron chi connectivity index (χ0n) is 31.8. The summed E-state index contributed by atoms with van der Waals surface area (Å²) in [6.45, 7) is 10.7. The lowest BCUT2D eigenvalue weighted by Gasteiger charge is -2.54. The van der Waals surface area contributed by atoms with Crippen molar-refractivity contribution in [3.63, 3.8) is 0 Å². The van der Waals surface area contributed by atoms with Crippen molar-refractivity contribution in [2.75, 3.05) is 11.5 Å². The molecule has 1 aromatic carbocycles. The van der Waals surface area contributed by atoms with Gasteiger partial charge in [0.15, 0.2) is 0 Å². The smallest absolute Gasteiger partial charge is 0.481 e. The van der Waals surface area contributed by atoms with Crippen LogP contribution in [0.4, 0.5) is 22.0 Å². The molecular weight excluding hydrogens is 698 g/mol. The van der Waals surface area contributed by atoms with Gasteiger partial charge in [0.05, 0.1) is 11.2 Å². The highest BCUT2D eigenvalue weighted by Crippen LogP contribution is 2.65. The fraction of sp³-hybridized carbons (Fsp3) is 0.825. The molecule has 7 atom stereocenters. The number of aliphatic carboxylic acids is 1. The van der Waals surface area contributed by atoms with Gasteiger partial charge in [-0.3, -0.25) is 9.00 Å². The van der Waals surface area contributed by atoms with Crippen LogP contribution < -0.4 is 5.46 Å². The Morgan fingerprint density at radius 3 is 2.13 bits per heavy atom. The fourth-order valence-corrected chi connectivity index (χ4v) is 11.3. The summed E-state index contributed by atoms with van der Waals surface area (Å²) in [4.78, 5) is 11.8. The first kappa shape index (κ1) is 41.6. The maximum absolute atomic E-state index is 13.1. The summed E-state index contributed by atoms with van der Waals surface area (Å²) in [7, 11) is -1.78. The fourth-order valence-electron chi connectivity index (χ4n) is 10.1. The summed E-state index contributed by atoms with van der Waals surface area (Å²) in [5.41, 5.74) is 3.20. The third-order valence-electron chi connectivity index (χ3n) is 13.8. The van der Waals surface area contributed by atoms with Crippen LogP contribution in [-0.4, -0.2) is 57.2 Å². The molecule has 0 bridgehead atoms. The molecule has 0 amide bonds. The summed E-state index contributed by atoms with van der Waals surface area (Å²) in [5.74, 6) is -2.87. The largest absolute Gasteiger partial charge is 0.494 e. The summed E-state index contributed by atoms with van der Waals surface area (Å²) in [6.07, 6.45) is 6.37. The predicted octanol–water partition coefficient (Wildman–Crippen LogP) is 10.0. The number of rotatable bonds is 17. The minimum atomic E-state index is -5.56. The number of hydrogen-bond acceptors (Lipinski definition) is 4. The number of unbranched alkanes of at least 4 members (excludes halogenated alkanes) is 6. The Hall–Kier alpha value is -1.53. The third kappa shape index (κ3) is 9.12. The van der Waals surface area contributed by atoms with Gasteiger partial charge in [0.25, 0.3) is 0 Å². The summed E-state index contributed by atoms with van der Waals surface area (Å²) < 4.78 is 88.1. The molecule has 1 unspecified atom stereocenters. The number of halogens is 5. The lowest BCUT2D eigenvalue weighted by atomic mass is 9.50. The molecule has 3 aliphatic carbocycles. The zero-order chi connectivity index (χ0) is 38.1. The molecule has 4 aliphatic rings. The highest BCUT2D eigenvalue weighted by Gasteiger charge is 2.58. The third-order valence-corrected chi connectivity index (χ3v) is 15.3. The second-order valence-corrected chi connectivity index (χ2v) is 19.3. The monoisotopic (exact) mass is 758 g/mol. The van der Waals surface area contributed by atoms with Crippen molar-refractivity contribution >= 4 is 29.4 Å². The maximum atomic E-state index is 13.1. The molecule has 52 heavy (non-hydrogen) atoms. The highest BCUT2D eigenvalue weighted by molar-refractivity contribution is 7.84. The molecule has 1 aromatic rings. The Balaban J connectivity index is 1.14. The van der Waals surface area contributed by atoms with Crippen LogP contribution in [0.2, 0.25) is 0 Å². The number of carboxylic acids is 1. The first-order valence-electron chi connectivity index (χ1n) is 19.8. The van der Waals surface area contributed by atoms with Crippen molar-refractivity contribution in [3.05, 3.63) is 29.3 Å². The quantitative estimate of drug-likeness (QED) is 0.0973. The minimum Gasteiger partial charge on any atom is -0.481 e. The Kier molecular flexibility index (Phi) is 13.0. The van der Waals surface area contributed by atoms with E-state index in [1.807, 2.05) is 0 Å². The molecule has 1 N–H and O–H groups in total. The molecular formula is C40H60BF5O5S. The van der Waals surface area contributed by atoms with Crippen molar-refractivity contribution in [2.24, 2.45) is 29.1 Å². The molecule has 5 rings (SSSR count). The van der Waals surface area contributed by atoms with Gasteiger partial charge in [-0.05, 0) is 131 Å². The van der Waals surface area contributed by atoms with E-state index in [1.165, 1.54) is 11.1 Å². The van der Waals surface area contributed by atoms with Crippen LogP contribution in [0.15, 0.2) is 18.2 Å². The maximum Gasteiger partial charge on any atom is 0.494 e. The van der Waals surface area contributed by atoms with Crippen LogP contribution in [0.3, 0.4) is 0 Å². The van der Waals surface area contributed by atoms with E-state index in [0.717, 1.165) is 82.5 Å². The van der Waals surface area contributed by atoms with Crippen LogP contribution in [0.25, 0.3) is 0 Å². The number of hydrogen-bond donors (Lipinski definition) is 1. The summed E-state index contributed by atoms with van der Waals surface area (Å²) in [5, 5.41) is 9.72. The van der Waals surface area contributed by atoms with E-state index in [9.17, 15) is 36.1 Å². The minimum absolute atomic E-state index is 0.0652.